The Morgan fingerprint density at radius 1 is 1.31 bits per heavy atom. The van der Waals surface area contributed by atoms with Crippen molar-refractivity contribution in [2.75, 3.05) is 11.1 Å². The first-order valence-corrected chi connectivity index (χ1v) is 9.49. The van der Waals surface area contributed by atoms with E-state index in [0.29, 0.717) is 17.3 Å². The Morgan fingerprint density at radius 2 is 2.15 bits per heavy atom. The SMILES string of the molecule is CCn1c(Cc2cccn2C)nnc1SCC(=O)Nc1ccc(Cl)cn1. The van der Waals surface area contributed by atoms with Crippen LogP contribution in [0.3, 0.4) is 0 Å². The van der Waals surface area contributed by atoms with Crippen molar-refractivity contribution in [1.29, 1.82) is 0 Å². The summed E-state index contributed by atoms with van der Waals surface area (Å²) in [7, 11) is 2.01. The number of hydrogen-bond donors (Lipinski definition) is 1. The molecule has 3 aromatic rings. The van der Waals surface area contributed by atoms with Crippen molar-refractivity contribution in [3.8, 4) is 0 Å². The van der Waals surface area contributed by atoms with E-state index in [1.165, 1.54) is 18.0 Å². The van der Waals surface area contributed by atoms with Gasteiger partial charge in [-0.1, -0.05) is 23.4 Å². The van der Waals surface area contributed by atoms with Crippen LogP contribution in [0.4, 0.5) is 5.82 Å². The number of anilines is 1. The van der Waals surface area contributed by atoms with E-state index in [-0.39, 0.29) is 11.7 Å². The highest BCUT2D eigenvalue weighted by atomic mass is 35.5. The summed E-state index contributed by atoms with van der Waals surface area (Å²) in [6.07, 6.45) is 4.20. The minimum Gasteiger partial charge on any atom is -0.354 e. The lowest BCUT2D eigenvalue weighted by molar-refractivity contribution is -0.113. The summed E-state index contributed by atoms with van der Waals surface area (Å²) < 4.78 is 4.10. The minimum atomic E-state index is -0.153. The summed E-state index contributed by atoms with van der Waals surface area (Å²) in [5, 5.41) is 12.5. The molecule has 136 valence electrons. The number of amides is 1. The highest BCUT2D eigenvalue weighted by Crippen LogP contribution is 2.19. The molecule has 0 aromatic carbocycles. The number of aromatic nitrogens is 5. The highest BCUT2D eigenvalue weighted by molar-refractivity contribution is 7.99. The normalized spacial score (nSPS) is 10.9. The zero-order valence-corrected chi connectivity index (χ0v) is 16.1. The maximum absolute atomic E-state index is 12.1. The van der Waals surface area contributed by atoms with Crippen LogP contribution in [0.1, 0.15) is 18.4 Å². The van der Waals surface area contributed by atoms with E-state index < -0.39 is 0 Å². The molecule has 3 rings (SSSR count). The molecule has 0 bridgehead atoms. The van der Waals surface area contributed by atoms with Crippen LogP contribution >= 0.6 is 23.4 Å². The second-order valence-corrected chi connectivity index (χ2v) is 7.01. The van der Waals surface area contributed by atoms with E-state index in [9.17, 15) is 4.79 Å². The fraction of sp³-hybridized carbons (Fsp3) is 0.294. The number of pyridine rings is 1. The maximum atomic E-state index is 12.1. The average Bonchev–Trinajstić information content (AvgIpc) is 3.21. The lowest BCUT2D eigenvalue weighted by atomic mass is 10.3. The van der Waals surface area contributed by atoms with Gasteiger partial charge in [-0.15, -0.1) is 10.2 Å². The largest absolute Gasteiger partial charge is 0.354 e. The van der Waals surface area contributed by atoms with Crippen LogP contribution in [0.5, 0.6) is 0 Å². The third-order valence-electron chi connectivity index (χ3n) is 3.83. The Morgan fingerprint density at radius 3 is 2.81 bits per heavy atom. The van der Waals surface area contributed by atoms with Crippen LogP contribution in [0.2, 0.25) is 5.02 Å². The zero-order valence-electron chi connectivity index (χ0n) is 14.5. The summed E-state index contributed by atoms with van der Waals surface area (Å²) in [6.45, 7) is 2.79. The summed E-state index contributed by atoms with van der Waals surface area (Å²) >= 11 is 7.14. The van der Waals surface area contributed by atoms with E-state index in [1.54, 1.807) is 12.1 Å². The number of hydrogen-bond acceptors (Lipinski definition) is 5. The summed E-state index contributed by atoms with van der Waals surface area (Å²) in [4.78, 5) is 16.2. The molecule has 0 aliphatic heterocycles. The van der Waals surface area contributed by atoms with Gasteiger partial charge in [0.2, 0.25) is 5.91 Å². The Labute approximate surface area is 160 Å². The van der Waals surface area contributed by atoms with E-state index in [4.69, 9.17) is 11.6 Å². The van der Waals surface area contributed by atoms with Crippen LogP contribution < -0.4 is 5.32 Å². The summed E-state index contributed by atoms with van der Waals surface area (Å²) in [5.74, 6) is 1.43. The molecule has 0 fully saturated rings. The smallest absolute Gasteiger partial charge is 0.236 e. The molecule has 7 nitrogen and oxygen atoms in total. The second-order valence-electron chi connectivity index (χ2n) is 5.63. The molecule has 0 spiro atoms. The molecule has 0 unspecified atom stereocenters. The van der Waals surface area contributed by atoms with Crippen molar-refractivity contribution in [3.63, 3.8) is 0 Å². The number of carbonyl (C=O) groups is 1. The fourth-order valence-electron chi connectivity index (χ4n) is 2.48. The third kappa shape index (κ3) is 4.44. The number of nitrogens with zero attached hydrogens (tertiary/aromatic N) is 5. The third-order valence-corrected chi connectivity index (χ3v) is 5.02. The van der Waals surface area contributed by atoms with Crippen LogP contribution in [0, 0.1) is 0 Å². The average molecular weight is 391 g/mol. The molecule has 1 amide bonds. The number of aryl methyl sites for hydroxylation is 1. The van der Waals surface area contributed by atoms with Gasteiger partial charge in [-0.05, 0) is 31.2 Å². The predicted molar refractivity (Wildman–Crippen MR) is 103 cm³/mol. The van der Waals surface area contributed by atoms with Gasteiger partial charge >= 0.3 is 0 Å². The van der Waals surface area contributed by atoms with Crippen LogP contribution in [-0.2, 0) is 24.8 Å². The quantitative estimate of drug-likeness (QED) is 0.627. The van der Waals surface area contributed by atoms with E-state index in [0.717, 1.165) is 23.2 Å². The topological polar surface area (TPSA) is 77.6 Å². The van der Waals surface area contributed by atoms with Crippen molar-refractivity contribution in [2.45, 2.75) is 25.0 Å². The van der Waals surface area contributed by atoms with Crippen molar-refractivity contribution < 1.29 is 4.79 Å². The van der Waals surface area contributed by atoms with Gasteiger partial charge in [0.25, 0.3) is 0 Å². The van der Waals surface area contributed by atoms with Gasteiger partial charge in [0, 0.05) is 38.1 Å². The lowest BCUT2D eigenvalue weighted by Crippen LogP contribution is -2.15. The molecule has 0 radical (unpaired) electrons. The number of rotatable bonds is 7. The zero-order chi connectivity index (χ0) is 18.5. The Kier molecular flexibility index (Phi) is 5.95. The molecule has 3 aromatic heterocycles. The van der Waals surface area contributed by atoms with E-state index in [2.05, 4.69) is 31.1 Å². The molecule has 9 heteroatoms. The second kappa shape index (κ2) is 8.37. The van der Waals surface area contributed by atoms with Gasteiger partial charge in [0.05, 0.1) is 10.8 Å². The van der Waals surface area contributed by atoms with Gasteiger partial charge < -0.3 is 14.5 Å². The standard InChI is InChI=1S/C17H19ClN6OS/c1-3-24-15(9-13-5-4-8-23(13)2)21-22-17(24)26-11-16(25)20-14-7-6-12(18)10-19-14/h4-8,10H,3,9,11H2,1-2H3,(H,19,20,25). The first kappa shape index (κ1) is 18.5. The number of carbonyl (C=O) groups excluding carboxylic acids is 1. The number of nitrogens with one attached hydrogen (secondary N) is 1. The Balaban J connectivity index is 1.61. The molecule has 0 aliphatic rings. The first-order chi connectivity index (χ1) is 12.6. The van der Waals surface area contributed by atoms with Crippen LogP contribution in [-0.4, -0.2) is 36.0 Å². The molecule has 0 aliphatic carbocycles. The molecule has 0 atom stereocenters. The molecule has 0 saturated heterocycles. The first-order valence-electron chi connectivity index (χ1n) is 8.13. The Hall–Kier alpha value is -2.32. The van der Waals surface area contributed by atoms with E-state index in [1.807, 2.05) is 30.8 Å². The van der Waals surface area contributed by atoms with E-state index >= 15 is 0 Å². The van der Waals surface area contributed by atoms with Crippen molar-refractivity contribution in [3.05, 3.63) is 53.2 Å². The van der Waals surface area contributed by atoms with Gasteiger partial charge in [0.1, 0.15) is 11.6 Å². The van der Waals surface area contributed by atoms with Gasteiger partial charge in [0.15, 0.2) is 5.16 Å². The molecule has 0 saturated carbocycles. The molecule has 3 heterocycles. The number of thioether (sulfide) groups is 1. The van der Waals surface area contributed by atoms with Crippen molar-refractivity contribution >= 4 is 35.1 Å². The van der Waals surface area contributed by atoms with Gasteiger partial charge in [-0.2, -0.15) is 0 Å². The highest BCUT2D eigenvalue weighted by Gasteiger charge is 2.14. The van der Waals surface area contributed by atoms with Crippen molar-refractivity contribution in [2.24, 2.45) is 7.05 Å². The molecular weight excluding hydrogens is 372 g/mol. The molecular formula is C17H19ClN6OS. The monoisotopic (exact) mass is 390 g/mol. The van der Waals surface area contributed by atoms with Crippen LogP contribution in [0.15, 0.2) is 41.8 Å². The minimum absolute atomic E-state index is 0.153. The molecule has 26 heavy (non-hydrogen) atoms. The maximum Gasteiger partial charge on any atom is 0.236 e. The van der Waals surface area contributed by atoms with Gasteiger partial charge in [-0.3, -0.25) is 4.79 Å². The summed E-state index contributed by atoms with van der Waals surface area (Å²) in [6, 6.07) is 7.42. The van der Waals surface area contributed by atoms with Crippen molar-refractivity contribution in [1.82, 2.24) is 24.3 Å². The fourth-order valence-corrected chi connectivity index (χ4v) is 3.41. The lowest BCUT2D eigenvalue weighted by Gasteiger charge is -2.08. The number of halogens is 1. The molecule has 1 N–H and O–H groups in total. The van der Waals surface area contributed by atoms with Gasteiger partial charge in [-0.25, -0.2) is 4.98 Å². The Bertz CT molecular complexity index is 889. The van der Waals surface area contributed by atoms with Crippen LogP contribution in [0.25, 0.3) is 0 Å². The summed E-state index contributed by atoms with van der Waals surface area (Å²) in [5.41, 5.74) is 1.16. The predicted octanol–water partition coefficient (Wildman–Crippen LogP) is 3.01.